The molecule has 54 heavy (non-hydrogen) atoms. The molecule has 2 heterocycles. The fourth-order valence-corrected chi connectivity index (χ4v) is 8.58. The summed E-state index contributed by atoms with van der Waals surface area (Å²) in [6.45, 7) is 10.6. The van der Waals surface area contributed by atoms with E-state index in [1.807, 2.05) is 22.9 Å². The summed E-state index contributed by atoms with van der Waals surface area (Å²) >= 11 is 0. The monoisotopic (exact) mass is 769 g/mol. The maximum absolute atomic E-state index is 14.7. The fourth-order valence-electron chi connectivity index (χ4n) is 7.43. The number of ether oxygens (including phenoxy) is 3. The first-order valence-corrected chi connectivity index (χ1v) is 20.0. The number of nitrogens with zero attached hydrogens (tertiary/aromatic N) is 2. The quantitative estimate of drug-likeness (QED) is 0.249. The molecular weight excluding hydrogens is 719 g/mol. The molecule has 2 unspecified atom stereocenters. The minimum absolute atomic E-state index is 0.0197. The van der Waals surface area contributed by atoms with Crippen LogP contribution in [-0.2, 0) is 33.6 Å². The highest BCUT2D eigenvalue weighted by Crippen LogP contribution is 2.46. The third-order valence-corrected chi connectivity index (χ3v) is 11.7. The van der Waals surface area contributed by atoms with Gasteiger partial charge < -0.3 is 29.7 Å². The first-order chi connectivity index (χ1) is 25.4. The van der Waals surface area contributed by atoms with Crippen LogP contribution in [0.1, 0.15) is 85.5 Å². The van der Waals surface area contributed by atoms with Crippen LogP contribution in [0.5, 0.6) is 11.6 Å². The van der Waals surface area contributed by atoms with Crippen molar-refractivity contribution in [3.05, 3.63) is 43.1 Å². The second kappa shape index (κ2) is 15.0. The fraction of sp³-hybridized carbons (Fsp3) is 0.605. The molecule has 2 aromatic rings. The smallest absolute Gasteiger partial charge is 0.408 e. The summed E-state index contributed by atoms with van der Waals surface area (Å²) in [6.07, 6.45) is 6.93. The molecule has 294 valence electrons. The Morgan fingerprint density at radius 1 is 1.09 bits per heavy atom. The molecule has 3 aliphatic carbocycles. The third kappa shape index (κ3) is 8.91. The van der Waals surface area contributed by atoms with Crippen LogP contribution in [0.3, 0.4) is 0 Å². The average Bonchev–Trinajstić information content (AvgIpc) is 3.98. The van der Waals surface area contributed by atoms with E-state index in [-0.39, 0.29) is 25.3 Å². The van der Waals surface area contributed by atoms with Crippen molar-refractivity contribution in [1.82, 2.24) is 25.2 Å². The molecule has 4 amide bonds. The number of hydrogen-bond acceptors (Lipinski definition) is 11. The van der Waals surface area contributed by atoms with E-state index in [1.54, 1.807) is 47.1 Å². The number of carbonyl (C=O) groups excluding carboxylic acids is 4. The second-order valence-corrected chi connectivity index (χ2v) is 17.4. The molecule has 6 rings (SSSR count). The van der Waals surface area contributed by atoms with Crippen molar-refractivity contribution in [2.24, 2.45) is 11.8 Å². The summed E-state index contributed by atoms with van der Waals surface area (Å²) in [5.41, 5.74) is -3.33. The number of likely N-dealkylation sites (tertiary alicyclic amines) is 1. The van der Waals surface area contributed by atoms with Crippen molar-refractivity contribution in [2.45, 2.75) is 120 Å². The topological polar surface area (TPSA) is 192 Å². The molecule has 5 atom stereocenters. The molecule has 1 aromatic carbocycles. The van der Waals surface area contributed by atoms with E-state index in [1.165, 1.54) is 11.0 Å². The van der Waals surface area contributed by atoms with Crippen molar-refractivity contribution < 1.29 is 46.0 Å². The van der Waals surface area contributed by atoms with Gasteiger partial charge in [-0.1, -0.05) is 25.3 Å². The number of methoxy groups -OCH3 is 1. The number of amides is 4. The normalized spacial score (nSPS) is 25.6. The van der Waals surface area contributed by atoms with Crippen molar-refractivity contribution in [1.29, 1.82) is 0 Å². The first-order valence-electron chi connectivity index (χ1n) is 18.6. The van der Waals surface area contributed by atoms with Crippen LogP contribution in [0.2, 0.25) is 0 Å². The Morgan fingerprint density at radius 3 is 2.44 bits per heavy atom. The van der Waals surface area contributed by atoms with Gasteiger partial charge in [0.05, 0.1) is 19.3 Å². The first kappa shape index (κ1) is 39.3. The number of hydrogen-bond donors (Lipinski definition) is 3. The number of rotatable bonds is 13. The second-order valence-electron chi connectivity index (χ2n) is 16.1. The highest BCUT2D eigenvalue weighted by molar-refractivity contribution is 7.85. The van der Waals surface area contributed by atoms with Gasteiger partial charge in [-0.15, -0.1) is 6.58 Å². The van der Waals surface area contributed by atoms with Gasteiger partial charge >= 0.3 is 16.4 Å². The standard InChI is InChI=1S/C38H51N5O10S/c1-7-25-21-38(25,34(46)42-54(48,49)53-37(5)16-17-37)41-31(44)29-20-27(51-32-28-14-13-26(50-6)19-24(28)15-18-39-32)22-43(29)33(45)30(23-11-9-8-10-12-23)40-35(47)52-36(2,3)4/h7,13-15,18-19,23,25,27,29-30H,1,8-12,16-17,20-22H2,2-6H3,(H,40,47)(H,41,44)(H,42,46)/t25?,27-,29?,30+,38-/m1/s1. The zero-order valence-electron chi connectivity index (χ0n) is 31.5. The summed E-state index contributed by atoms with van der Waals surface area (Å²) in [4.78, 5) is 61.6. The van der Waals surface area contributed by atoms with Gasteiger partial charge in [0.2, 0.25) is 17.7 Å². The molecule has 3 N–H and O–H groups in total. The highest BCUT2D eigenvalue weighted by atomic mass is 32.2. The Balaban J connectivity index is 1.29. The van der Waals surface area contributed by atoms with Crippen molar-refractivity contribution in [2.75, 3.05) is 13.7 Å². The van der Waals surface area contributed by atoms with E-state index < -0.39 is 75.0 Å². The van der Waals surface area contributed by atoms with Crippen LogP contribution >= 0.6 is 0 Å². The van der Waals surface area contributed by atoms with Gasteiger partial charge in [0, 0.05) is 23.9 Å². The molecule has 4 aliphatic rings. The number of carbonyl (C=O) groups is 4. The largest absolute Gasteiger partial charge is 0.497 e. The molecular formula is C38H51N5O10S. The Hall–Kier alpha value is -4.44. The predicted molar refractivity (Wildman–Crippen MR) is 198 cm³/mol. The zero-order chi connectivity index (χ0) is 39.1. The third-order valence-electron chi connectivity index (χ3n) is 10.7. The van der Waals surface area contributed by atoms with E-state index in [9.17, 15) is 27.6 Å². The Bertz CT molecular complexity index is 1900. The van der Waals surface area contributed by atoms with Crippen LogP contribution < -0.4 is 24.8 Å². The lowest BCUT2D eigenvalue weighted by atomic mass is 9.83. The summed E-state index contributed by atoms with van der Waals surface area (Å²) in [6, 6.07) is 5.10. The van der Waals surface area contributed by atoms with E-state index >= 15 is 0 Å². The van der Waals surface area contributed by atoms with Crippen molar-refractivity contribution in [3.8, 4) is 11.6 Å². The molecule has 16 heteroatoms. The summed E-state index contributed by atoms with van der Waals surface area (Å²) in [7, 11) is -2.91. The SMILES string of the molecule is C=CC1C[C@]1(NC(=O)C1C[C@@H](Oc2nccc3cc(OC)ccc23)CN1C(=O)[C@@H](NC(=O)OC(C)(C)C)C1CCCCC1)C(=O)NS(=O)(=O)OC1(C)CC1. The molecule has 0 bridgehead atoms. The number of aromatic nitrogens is 1. The van der Waals surface area contributed by atoms with Crippen molar-refractivity contribution >= 4 is 44.9 Å². The van der Waals surface area contributed by atoms with E-state index in [2.05, 4.69) is 22.2 Å². The molecule has 1 saturated heterocycles. The van der Waals surface area contributed by atoms with Gasteiger partial charge in [-0.2, -0.15) is 8.42 Å². The molecule has 0 radical (unpaired) electrons. The van der Waals surface area contributed by atoms with Gasteiger partial charge in [0.1, 0.15) is 35.1 Å². The lowest BCUT2D eigenvalue weighted by Crippen LogP contribution is -2.59. The summed E-state index contributed by atoms with van der Waals surface area (Å²) in [5, 5.41) is 7.10. The van der Waals surface area contributed by atoms with E-state index in [4.69, 9.17) is 18.4 Å². The van der Waals surface area contributed by atoms with Crippen molar-refractivity contribution in [3.63, 3.8) is 0 Å². The van der Waals surface area contributed by atoms with Crippen LogP contribution in [0.25, 0.3) is 10.8 Å². The molecule has 1 aliphatic heterocycles. The molecule has 4 fully saturated rings. The predicted octanol–water partition coefficient (Wildman–Crippen LogP) is 4.06. The zero-order valence-corrected chi connectivity index (χ0v) is 32.3. The van der Waals surface area contributed by atoms with Gasteiger partial charge in [0.25, 0.3) is 5.91 Å². The molecule has 1 aromatic heterocycles. The van der Waals surface area contributed by atoms with E-state index in [0.717, 1.165) is 24.6 Å². The number of pyridine rings is 1. The van der Waals surface area contributed by atoms with Gasteiger partial charge in [-0.3, -0.25) is 14.4 Å². The van der Waals surface area contributed by atoms with Gasteiger partial charge in [0.15, 0.2) is 0 Å². The van der Waals surface area contributed by atoms with Crippen LogP contribution in [0.4, 0.5) is 4.79 Å². The minimum atomic E-state index is -4.48. The minimum Gasteiger partial charge on any atom is -0.497 e. The number of benzene rings is 1. The average molecular weight is 770 g/mol. The molecule has 3 saturated carbocycles. The number of alkyl carbamates (subject to hydrolysis) is 1. The molecule has 15 nitrogen and oxygen atoms in total. The van der Waals surface area contributed by atoms with Gasteiger partial charge in [-0.25, -0.2) is 18.7 Å². The van der Waals surface area contributed by atoms with Crippen LogP contribution in [-0.4, -0.2) is 90.7 Å². The van der Waals surface area contributed by atoms with E-state index in [0.29, 0.717) is 42.7 Å². The van der Waals surface area contributed by atoms with Crippen LogP contribution in [0, 0.1) is 11.8 Å². The lowest BCUT2D eigenvalue weighted by Gasteiger charge is -2.35. The Labute approximate surface area is 316 Å². The lowest BCUT2D eigenvalue weighted by molar-refractivity contribution is -0.142. The maximum atomic E-state index is 14.7. The number of fused-ring (bicyclic) bond motifs is 1. The van der Waals surface area contributed by atoms with Gasteiger partial charge in [-0.05, 0) is 95.4 Å². The maximum Gasteiger partial charge on any atom is 0.408 e. The summed E-state index contributed by atoms with van der Waals surface area (Å²) in [5.74, 6) is -1.97. The Kier molecular flexibility index (Phi) is 10.9. The Morgan fingerprint density at radius 2 is 1.81 bits per heavy atom. The number of nitrogens with one attached hydrogen (secondary N) is 3. The molecule has 0 spiro atoms. The summed E-state index contributed by atoms with van der Waals surface area (Å²) < 4.78 is 50.1. The van der Waals surface area contributed by atoms with Crippen LogP contribution in [0.15, 0.2) is 43.1 Å². The highest BCUT2D eigenvalue weighted by Gasteiger charge is 2.62.